The molecule has 1 fully saturated rings. The molecule has 0 unspecified atom stereocenters. The van der Waals surface area contributed by atoms with Crippen molar-refractivity contribution in [2.24, 2.45) is 0 Å². The van der Waals surface area contributed by atoms with Crippen molar-refractivity contribution < 1.29 is 0 Å². The van der Waals surface area contributed by atoms with Crippen molar-refractivity contribution in [3.8, 4) is 0 Å². The Morgan fingerprint density at radius 2 is 2.00 bits per heavy atom. The number of aryl methyl sites for hydroxylation is 1. The normalized spacial score (nSPS) is 21.1. The lowest BCUT2D eigenvalue weighted by Crippen LogP contribution is -2.30. The van der Waals surface area contributed by atoms with Crippen LogP contribution < -0.4 is 0 Å². The first-order chi connectivity index (χ1) is 8.42. The van der Waals surface area contributed by atoms with Crippen molar-refractivity contribution in [2.75, 3.05) is 19.6 Å². The van der Waals surface area contributed by atoms with Crippen LogP contribution in [-0.4, -0.2) is 24.5 Å². The van der Waals surface area contributed by atoms with Gasteiger partial charge in [0.2, 0.25) is 0 Å². The summed E-state index contributed by atoms with van der Waals surface area (Å²) in [7, 11) is 0. The molecule has 1 aliphatic carbocycles. The van der Waals surface area contributed by atoms with Crippen molar-refractivity contribution in [1.82, 2.24) is 4.90 Å². The van der Waals surface area contributed by atoms with Crippen LogP contribution in [0.3, 0.4) is 0 Å². The number of fused-ring (bicyclic) bond motifs is 1. The lowest BCUT2D eigenvalue weighted by molar-refractivity contribution is 0.231. The van der Waals surface area contributed by atoms with Crippen LogP contribution in [0.2, 0.25) is 0 Å². The van der Waals surface area contributed by atoms with E-state index in [1.807, 2.05) is 11.3 Å². The fourth-order valence-electron chi connectivity index (χ4n) is 2.93. The first-order valence-corrected chi connectivity index (χ1v) is 7.78. The number of nitrogens with zero attached hydrogens (tertiary/aromatic N) is 1. The Morgan fingerprint density at radius 3 is 2.88 bits per heavy atom. The number of likely N-dealkylation sites (tertiary alicyclic amines) is 1. The van der Waals surface area contributed by atoms with Gasteiger partial charge < -0.3 is 4.90 Å². The van der Waals surface area contributed by atoms with Gasteiger partial charge in [-0.2, -0.15) is 0 Å². The predicted molar refractivity (Wildman–Crippen MR) is 75.5 cm³/mol. The summed E-state index contributed by atoms with van der Waals surface area (Å²) >= 11 is 1.92. The second kappa shape index (κ2) is 5.36. The Hall–Kier alpha value is -0.600. The lowest BCUT2D eigenvalue weighted by atomic mass is 9.96. The number of hydrogen-bond acceptors (Lipinski definition) is 2. The first kappa shape index (κ1) is 11.5. The van der Waals surface area contributed by atoms with Crippen LogP contribution in [-0.2, 0) is 6.42 Å². The molecule has 17 heavy (non-hydrogen) atoms. The van der Waals surface area contributed by atoms with Gasteiger partial charge in [-0.1, -0.05) is 18.1 Å². The van der Waals surface area contributed by atoms with E-state index in [0.29, 0.717) is 0 Å². The predicted octanol–water partition coefficient (Wildman–Crippen LogP) is 3.95. The van der Waals surface area contributed by atoms with Gasteiger partial charge in [-0.25, -0.2) is 0 Å². The summed E-state index contributed by atoms with van der Waals surface area (Å²) in [6.07, 6.45) is 10.6. The summed E-state index contributed by atoms with van der Waals surface area (Å²) in [6, 6.07) is 2.28. The molecule has 0 spiro atoms. The van der Waals surface area contributed by atoms with Crippen LogP contribution in [0.4, 0.5) is 0 Å². The minimum absolute atomic E-state index is 1.28. The second-order valence-electron chi connectivity index (χ2n) is 5.25. The van der Waals surface area contributed by atoms with Crippen LogP contribution >= 0.6 is 11.3 Å². The summed E-state index contributed by atoms with van der Waals surface area (Å²) in [6.45, 7) is 3.94. The molecule has 0 aromatic carbocycles. The van der Waals surface area contributed by atoms with Crippen molar-refractivity contribution in [2.45, 2.75) is 38.5 Å². The van der Waals surface area contributed by atoms with E-state index in [1.54, 1.807) is 10.5 Å². The van der Waals surface area contributed by atoms with Gasteiger partial charge in [0.25, 0.3) is 0 Å². The molecule has 0 radical (unpaired) electrons. The molecule has 1 nitrogen and oxygen atoms in total. The van der Waals surface area contributed by atoms with Gasteiger partial charge in [-0.3, -0.25) is 0 Å². The Morgan fingerprint density at radius 1 is 1.12 bits per heavy atom. The number of rotatable bonds is 3. The second-order valence-corrected chi connectivity index (χ2v) is 6.25. The highest BCUT2D eigenvalue weighted by Gasteiger charge is 2.14. The maximum Gasteiger partial charge on any atom is 0.0121 e. The SMILES string of the molecule is C1=C(CCN2CCCCC2)CCc2sccc21. The number of piperidine rings is 1. The van der Waals surface area contributed by atoms with Crippen LogP contribution in [0.1, 0.15) is 42.5 Å². The Kier molecular flexibility index (Phi) is 3.62. The molecule has 2 heteroatoms. The molecule has 0 atom stereocenters. The third-order valence-corrected chi connectivity index (χ3v) is 5.01. The van der Waals surface area contributed by atoms with E-state index in [-0.39, 0.29) is 0 Å². The van der Waals surface area contributed by atoms with Gasteiger partial charge in [0.15, 0.2) is 0 Å². The number of thiophene rings is 1. The first-order valence-electron chi connectivity index (χ1n) is 6.90. The number of hydrogen-bond donors (Lipinski definition) is 0. The molecule has 1 aromatic heterocycles. The fourth-order valence-corrected chi connectivity index (χ4v) is 3.79. The third kappa shape index (κ3) is 2.80. The zero-order valence-corrected chi connectivity index (χ0v) is 11.3. The van der Waals surface area contributed by atoms with E-state index >= 15 is 0 Å². The highest BCUT2D eigenvalue weighted by molar-refractivity contribution is 7.10. The summed E-state index contributed by atoms with van der Waals surface area (Å²) in [5.74, 6) is 0. The zero-order valence-electron chi connectivity index (χ0n) is 10.5. The molecule has 92 valence electrons. The largest absolute Gasteiger partial charge is 0.303 e. The maximum absolute atomic E-state index is 2.65. The minimum atomic E-state index is 1.28. The average Bonchev–Trinajstić information content (AvgIpc) is 2.85. The van der Waals surface area contributed by atoms with Gasteiger partial charge >= 0.3 is 0 Å². The smallest absolute Gasteiger partial charge is 0.0121 e. The van der Waals surface area contributed by atoms with E-state index in [1.165, 1.54) is 63.7 Å². The fraction of sp³-hybridized carbons (Fsp3) is 0.600. The monoisotopic (exact) mass is 247 g/mol. The molecule has 0 amide bonds. The summed E-state index contributed by atoms with van der Waals surface area (Å²) in [4.78, 5) is 4.24. The molecule has 0 bridgehead atoms. The van der Waals surface area contributed by atoms with Crippen LogP contribution in [0.25, 0.3) is 6.08 Å². The molecule has 0 saturated carbocycles. The molecule has 2 aliphatic rings. The molecule has 3 rings (SSSR count). The van der Waals surface area contributed by atoms with E-state index in [0.717, 1.165) is 0 Å². The van der Waals surface area contributed by atoms with Crippen molar-refractivity contribution in [3.05, 3.63) is 27.5 Å². The molecular formula is C15H21NS. The van der Waals surface area contributed by atoms with Crippen LogP contribution in [0.15, 0.2) is 17.0 Å². The highest BCUT2D eigenvalue weighted by atomic mass is 32.1. The van der Waals surface area contributed by atoms with E-state index in [2.05, 4.69) is 22.4 Å². The highest BCUT2D eigenvalue weighted by Crippen LogP contribution is 2.29. The maximum atomic E-state index is 2.65. The average molecular weight is 247 g/mol. The van der Waals surface area contributed by atoms with Gasteiger partial charge in [-0.15, -0.1) is 11.3 Å². The summed E-state index contributed by atoms with van der Waals surface area (Å²) in [5.41, 5.74) is 3.16. The topological polar surface area (TPSA) is 3.24 Å². The Labute approximate surface area is 108 Å². The third-order valence-electron chi connectivity index (χ3n) is 4.01. The van der Waals surface area contributed by atoms with Gasteiger partial charge in [0.1, 0.15) is 0 Å². The molecule has 0 N–H and O–H groups in total. The molecule has 1 saturated heterocycles. The molecule has 2 heterocycles. The van der Waals surface area contributed by atoms with Crippen LogP contribution in [0.5, 0.6) is 0 Å². The summed E-state index contributed by atoms with van der Waals surface area (Å²) < 4.78 is 0. The quantitative estimate of drug-likeness (QED) is 0.781. The molecular weight excluding hydrogens is 226 g/mol. The van der Waals surface area contributed by atoms with Crippen molar-refractivity contribution >= 4 is 17.4 Å². The Bertz CT molecular complexity index is 399. The van der Waals surface area contributed by atoms with Gasteiger partial charge in [0, 0.05) is 11.4 Å². The summed E-state index contributed by atoms with van der Waals surface area (Å²) in [5, 5.41) is 2.23. The van der Waals surface area contributed by atoms with Crippen molar-refractivity contribution in [1.29, 1.82) is 0 Å². The lowest BCUT2D eigenvalue weighted by Gasteiger charge is -2.27. The standard InChI is InChI=1S/C15H21NS/c1-2-8-16(9-3-1)10-6-13-4-5-15-14(12-13)7-11-17-15/h7,11-12H,1-6,8-10H2. The Balaban J connectivity index is 1.56. The van der Waals surface area contributed by atoms with Gasteiger partial charge in [-0.05, 0) is 62.2 Å². The van der Waals surface area contributed by atoms with E-state index in [4.69, 9.17) is 0 Å². The van der Waals surface area contributed by atoms with Crippen molar-refractivity contribution in [3.63, 3.8) is 0 Å². The zero-order chi connectivity index (χ0) is 11.5. The molecule has 1 aromatic rings. The molecule has 1 aliphatic heterocycles. The van der Waals surface area contributed by atoms with E-state index in [9.17, 15) is 0 Å². The van der Waals surface area contributed by atoms with Gasteiger partial charge in [0.05, 0.1) is 0 Å². The minimum Gasteiger partial charge on any atom is -0.303 e. The van der Waals surface area contributed by atoms with Crippen LogP contribution in [0, 0.1) is 0 Å². The van der Waals surface area contributed by atoms with E-state index < -0.39 is 0 Å².